The highest BCUT2D eigenvalue weighted by Crippen LogP contribution is 2.18. The molecular formula is C18H21N5O. The second kappa shape index (κ2) is 7.12. The van der Waals surface area contributed by atoms with Crippen LogP contribution in [0, 0.1) is 5.92 Å². The quantitative estimate of drug-likeness (QED) is 0.758. The molecular weight excluding hydrogens is 302 g/mol. The van der Waals surface area contributed by atoms with E-state index in [2.05, 4.69) is 15.3 Å². The Balaban J connectivity index is 1.61. The zero-order valence-corrected chi connectivity index (χ0v) is 13.9. The van der Waals surface area contributed by atoms with Gasteiger partial charge in [-0.1, -0.05) is 37.3 Å². The summed E-state index contributed by atoms with van der Waals surface area (Å²) in [6.07, 6.45) is 3.58. The molecule has 3 rings (SSSR count). The van der Waals surface area contributed by atoms with E-state index in [1.807, 2.05) is 62.6 Å². The van der Waals surface area contributed by atoms with Crippen LogP contribution in [0.25, 0.3) is 11.3 Å². The van der Waals surface area contributed by atoms with Gasteiger partial charge >= 0.3 is 0 Å². The van der Waals surface area contributed by atoms with Crippen LogP contribution in [0.2, 0.25) is 0 Å². The van der Waals surface area contributed by atoms with Crippen molar-refractivity contribution in [3.05, 3.63) is 60.6 Å². The molecule has 0 saturated carbocycles. The SMILES string of the molecule is CC(Cn1cccn1)C(=O)N(C)Cc1cc(-c2ccccc2)n[nH]1. The Kier molecular flexibility index (Phi) is 4.74. The molecule has 1 aromatic carbocycles. The lowest BCUT2D eigenvalue weighted by Crippen LogP contribution is -2.33. The van der Waals surface area contributed by atoms with Crippen molar-refractivity contribution in [2.24, 2.45) is 5.92 Å². The van der Waals surface area contributed by atoms with Crippen LogP contribution in [0.3, 0.4) is 0 Å². The molecule has 1 amide bonds. The van der Waals surface area contributed by atoms with Gasteiger partial charge in [0.05, 0.1) is 30.4 Å². The molecule has 24 heavy (non-hydrogen) atoms. The van der Waals surface area contributed by atoms with Crippen molar-refractivity contribution in [2.75, 3.05) is 7.05 Å². The number of nitrogens with one attached hydrogen (secondary N) is 1. The first-order valence-corrected chi connectivity index (χ1v) is 7.95. The number of benzene rings is 1. The zero-order valence-electron chi connectivity index (χ0n) is 13.9. The Morgan fingerprint density at radius 2 is 2.08 bits per heavy atom. The molecule has 0 saturated heterocycles. The van der Waals surface area contributed by atoms with Crippen LogP contribution < -0.4 is 0 Å². The summed E-state index contributed by atoms with van der Waals surface area (Å²) < 4.78 is 1.78. The third-order valence-electron chi connectivity index (χ3n) is 3.93. The van der Waals surface area contributed by atoms with Gasteiger partial charge in [-0.05, 0) is 12.1 Å². The summed E-state index contributed by atoms with van der Waals surface area (Å²) in [6, 6.07) is 13.8. The number of nitrogens with zero attached hydrogens (tertiary/aromatic N) is 4. The molecule has 6 heteroatoms. The standard InChI is InChI=1S/C18H21N5O/c1-14(12-23-10-6-9-19-23)18(24)22(2)13-16-11-17(21-20-16)15-7-4-3-5-8-15/h3-11,14H,12-13H2,1-2H3,(H,20,21). The largest absolute Gasteiger partial charge is 0.340 e. The first-order chi connectivity index (χ1) is 11.6. The normalized spacial score (nSPS) is 12.1. The molecule has 0 bridgehead atoms. The number of aromatic nitrogens is 4. The van der Waals surface area contributed by atoms with E-state index in [1.54, 1.807) is 15.8 Å². The lowest BCUT2D eigenvalue weighted by molar-refractivity contribution is -0.134. The molecule has 124 valence electrons. The van der Waals surface area contributed by atoms with Crippen LogP contribution in [-0.4, -0.2) is 37.8 Å². The maximum absolute atomic E-state index is 12.5. The average molecular weight is 323 g/mol. The van der Waals surface area contributed by atoms with Gasteiger partial charge in [0.15, 0.2) is 0 Å². The van der Waals surface area contributed by atoms with E-state index in [-0.39, 0.29) is 11.8 Å². The molecule has 2 aromatic heterocycles. The van der Waals surface area contributed by atoms with Gasteiger partial charge in [0, 0.05) is 25.0 Å². The van der Waals surface area contributed by atoms with Crippen LogP contribution in [0.5, 0.6) is 0 Å². The maximum Gasteiger partial charge on any atom is 0.227 e. The molecule has 0 fully saturated rings. The fraction of sp³-hybridized carbons (Fsp3) is 0.278. The van der Waals surface area contributed by atoms with Crippen molar-refractivity contribution in [1.82, 2.24) is 24.9 Å². The van der Waals surface area contributed by atoms with E-state index >= 15 is 0 Å². The van der Waals surface area contributed by atoms with Gasteiger partial charge in [-0.25, -0.2) is 0 Å². The Morgan fingerprint density at radius 3 is 2.79 bits per heavy atom. The second-order valence-electron chi connectivity index (χ2n) is 5.97. The maximum atomic E-state index is 12.5. The van der Waals surface area contributed by atoms with Gasteiger partial charge in [0.2, 0.25) is 5.91 Å². The molecule has 0 aliphatic rings. The van der Waals surface area contributed by atoms with Crippen LogP contribution in [0.1, 0.15) is 12.6 Å². The number of aromatic amines is 1. The Morgan fingerprint density at radius 1 is 1.29 bits per heavy atom. The van der Waals surface area contributed by atoms with Gasteiger partial charge in [-0.15, -0.1) is 0 Å². The van der Waals surface area contributed by atoms with Crippen LogP contribution >= 0.6 is 0 Å². The molecule has 1 atom stereocenters. The smallest absolute Gasteiger partial charge is 0.227 e. The minimum atomic E-state index is -0.133. The molecule has 3 aromatic rings. The average Bonchev–Trinajstić information content (AvgIpc) is 3.27. The van der Waals surface area contributed by atoms with Crippen molar-refractivity contribution in [2.45, 2.75) is 20.0 Å². The Hall–Kier alpha value is -2.89. The molecule has 6 nitrogen and oxygen atoms in total. The highest BCUT2D eigenvalue weighted by molar-refractivity contribution is 5.78. The summed E-state index contributed by atoms with van der Waals surface area (Å²) in [6.45, 7) is 3.00. The third-order valence-corrected chi connectivity index (χ3v) is 3.93. The van der Waals surface area contributed by atoms with Crippen molar-refractivity contribution in [3.8, 4) is 11.3 Å². The summed E-state index contributed by atoms with van der Waals surface area (Å²) >= 11 is 0. The molecule has 0 radical (unpaired) electrons. The number of carbonyl (C=O) groups excluding carboxylic acids is 1. The van der Waals surface area contributed by atoms with E-state index < -0.39 is 0 Å². The third kappa shape index (κ3) is 3.71. The molecule has 1 N–H and O–H groups in total. The summed E-state index contributed by atoms with van der Waals surface area (Å²) in [4.78, 5) is 14.2. The zero-order chi connectivity index (χ0) is 16.9. The van der Waals surface area contributed by atoms with Gasteiger partial charge < -0.3 is 4.90 Å². The summed E-state index contributed by atoms with van der Waals surface area (Å²) in [5.41, 5.74) is 2.85. The first kappa shape index (κ1) is 16.0. The van der Waals surface area contributed by atoms with Gasteiger partial charge in [-0.3, -0.25) is 14.6 Å². The van der Waals surface area contributed by atoms with Crippen molar-refractivity contribution < 1.29 is 4.79 Å². The number of rotatable bonds is 6. The molecule has 2 heterocycles. The number of H-pyrrole nitrogens is 1. The molecule has 0 spiro atoms. The lowest BCUT2D eigenvalue weighted by atomic mass is 10.1. The van der Waals surface area contributed by atoms with E-state index in [1.165, 1.54) is 0 Å². The number of hydrogen-bond donors (Lipinski definition) is 1. The Labute approximate surface area is 141 Å². The van der Waals surface area contributed by atoms with Gasteiger partial charge in [0.25, 0.3) is 0 Å². The number of amides is 1. The highest BCUT2D eigenvalue weighted by atomic mass is 16.2. The topological polar surface area (TPSA) is 66.8 Å². The predicted octanol–water partition coefficient (Wildman–Crippen LogP) is 2.57. The van der Waals surface area contributed by atoms with Gasteiger partial charge in [0.1, 0.15) is 0 Å². The summed E-state index contributed by atoms with van der Waals surface area (Å²) in [5.74, 6) is -0.0484. The van der Waals surface area contributed by atoms with E-state index in [0.717, 1.165) is 17.0 Å². The fourth-order valence-corrected chi connectivity index (χ4v) is 2.68. The van der Waals surface area contributed by atoms with Crippen molar-refractivity contribution in [3.63, 3.8) is 0 Å². The van der Waals surface area contributed by atoms with E-state index in [4.69, 9.17) is 0 Å². The second-order valence-corrected chi connectivity index (χ2v) is 5.97. The van der Waals surface area contributed by atoms with Crippen LogP contribution in [0.15, 0.2) is 54.9 Å². The number of hydrogen-bond acceptors (Lipinski definition) is 3. The fourth-order valence-electron chi connectivity index (χ4n) is 2.68. The minimum Gasteiger partial charge on any atom is -0.340 e. The molecule has 1 unspecified atom stereocenters. The lowest BCUT2D eigenvalue weighted by Gasteiger charge is -2.20. The van der Waals surface area contributed by atoms with Crippen molar-refractivity contribution >= 4 is 5.91 Å². The first-order valence-electron chi connectivity index (χ1n) is 7.95. The monoisotopic (exact) mass is 323 g/mol. The van der Waals surface area contributed by atoms with Crippen LogP contribution in [-0.2, 0) is 17.9 Å². The summed E-state index contributed by atoms with van der Waals surface area (Å²) in [5, 5.41) is 11.5. The van der Waals surface area contributed by atoms with Crippen molar-refractivity contribution in [1.29, 1.82) is 0 Å². The van der Waals surface area contributed by atoms with Gasteiger partial charge in [-0.2, -0.15) is 10.2 Å². The highest BCUT2D eigenvalue weighted by Gasteiger charge is 2.19. The summed E-state index contributed by atoms with van der Waals surface area (Å²) in [7, 11) is 1.81. The molecule has 0 aliphatic heterocycles. The number of carbonyl (C=O) groups is 1. The molecule has 0 aliphatic carbocycles. The minimum absolute atomic E-state index is 0.0846. The van der Waals surface area contributed by atoms with Crippen LogP contribution in [0.4, 0.5) is 0 Å². The van der Waals surface area contributed by atoms with E-state index in [9.17, 15) is 4.79 Å². The predicted molar refractivity (Wildman–Crippen MR) is 91.9 cm³/mol. The Bertz CT molecular complexity index is 779. The van der Waals surface area contributed by atoms with E-state index in [0.29, 0.717) is 13.1 Å².